The smallest absolute Gasteiger partial charge is 0.128 e. The fourth-order valence-corrected chi connectivity index (χ4v) is 3.27. The monoisotopic (exact) mass is 301 g/mol. The molecule has 0 aliphatic rings. The molecule has 6 heteroatoms. The predicted molar refractivity (Wildman–Crippen MR) is 82.7 cm³/mol. The molecule has 0 saturated heterocycles. The van der Waals surface area contributed by atoms with Gasteiger partial charge < -0.3 is 10.2 Å². The Balaban J connectivity index is 2.20. The summed E-state index contributed by atoms with van der Waals surface area (Å²) in [6.07, 6.45) is 1.73. The molecule has 3 aromatic rings. The van der Waals surface area contributed by atoms with Gasteiger partial charge in [-0.3, -0.25) is 5.10 Å². The molecular formula is C15H15N3O2S. The van der Waals surface area contributed by atoms with E-state index < -0.39 is 0 Å². The lowest BCUT2D eigenvalue weighted by Gasteiger charge is -2.08. The van der Waals surface area contributed by atoms with Crippen LogP contribution in [-0.2, 0) is 0 Å². The molecule has 0 amide bonds. The molecule has 0 aliphatic carbocycles. The van der Waals surface area contributed by atoms with Crippen LogP contribution in [0.2, 0.25) is 0 Å². The summed E-state index contributed by atoms with van der Waals surface area (Å²) in [5.74, 6) is 0.0876. The van der Waals surface area contributed by atoms with Gasteiger partial charge in [-0.15, -0.1) is 11.3 Å². The number of phenols is 2. The first-order chi connectivity index (χ1) is 9.97. The number of nitrogens with zero attached hydrogens (tertiary/aromatic N) is 2. The largest absolute Gasteiger partial charge is 0.508 e. The second-order valence-electron chi connectivity index (χ2n) is 4.96. The Morgan fingerprint density at radius 2 is 1.81 bits per heavy atom. The van der Waals surface area contributed by atoms with Crippen molar-refractivity contribution in [3.8, 4) is 33.2 Å². The summed E-state index contributed by atoms with van der Waals surface area (Å²) in [7, 11) is 0. The minimum absolute atomic E-state index is 0.0162. The Kier molecular flexibility index (Phi) is 3.17. The zero-order valence-corrected chi connectivity index (χ0v) is 12.7. The van der Waals surface area contributed by atoms with E-state index in [0.29, 0.717) is 11.1 Å². The van der Waals surface area contributed by atoms with E-state index in [4.69, 9.17) is 0 Å². The number of phenolic OH excluding ortho intramolecular Hbond substituents is 2. The Bertz CT molecular complexity index is 820. The maximum atomic E-state index is 10.1. The van der Waals surface area contributed by atoms with Gasteiger partial charge in [-0.1, -0.05) is 0 Å². The van der Waals surface area contributed by atoms with Crippen LogP contribution in [0.15, 0.2) is 18.3 Å². The lowest BCUT2D eigenvalue weighted by molar-refractivity contribution is 0.449. The number of aryl methyl sites for hydroxylation is 3. The van der Waals surface area contributed by atoms with E-state index in [1.165, 1.54) is 6.07 Å². The fourth-order valence-electron chi connectivity index (χ4n) is 2.33. The first-order valence-corrected chi connectivity index (χ1v) is 7.29. The van der Waals surface area contributed by atoms with Crippen LogP contribution in [0.25, 0.3) is 21.7 Å². The topological polar surface area (TPSA) is 82.0 Å². The van der Waals surface area contributed by atoms with Gasteiger partial charge in [0.1, 0.15) is 11.5 Å². The molecule has 0 radical (unpaired) electrons. The number of thiazole rings is 1. The molecule has 2 heterocycles. The van der Waals surface area contributed by atoms with Gasteiger partial charge in [0.15, 0.2) is 0 Å². The van der Waals surface area contributed by atoms with Crippen molar-refractivity contribution in [1.29, 1.82) is 0 Å². The minimum atomic E-state index is 0.0162. The predicted octanol–water partition coefficient (Wildman–Crippen LogP) is 3.54. The van der Waals surface area contributed by atoms with Crippen LogP contribution in [0.4, 0.5) is 0 Å². The van der Waals surface area contributed by atoms with Crippen LogP contribution in [0.1, 0.15) is 16.3 Å². The van der Waals surface area contributed by atoms with Crippen molar-refractivity contribution in [2.24, 2.45) is 0 Å². The zero-order chi connectivity index (χ0) is 15.1. The maximum Gasteiger partial charge on any atom is 0.128 e. The molecule has 0 fully saturated rings. The van der Waals surface area contributed by atoms with Gasteiger partial charge in [0, 0.05) is 17.2 Å². The summed E-state index contributed by atoms with van der Waals surface area (Å²) in [5, 5.41) is 27.8. The van der Waals surface area contributed by atoms with Gasteiger partial charge in [-0.2, -0.15) is 5.10 Å². The van der Waals surface area contributed by atoms with Crippen LogP contribution in [0.3, 0.4) is 0 Å². The summed E-state index contributed by atoms with van der Waals surface area (Å²) < 4.78 is 0. The Labute approximate surface area is 125 Å². The number of aromatic nitrogens is 3. The Hall–Kier alpha value is -2.34. The molecule has 3 N–H and O–H groups in total. The first kappa shape index (κ1) is 13.6. The van der Waals surface area contributed by atoms with Crippen molar-refractivity contribution in [1.82, 2.24) is 15.2 Å². The zero-order valence-electron chi connectivity index (χ0n) is 11.9. The third kappa shape index (κ3) is 2.27. The second-order valence-corrected chi connectivity index (χ2v) is 6.17. The SMILES string of the molecule is Cc1nc(C)c(-c2cn[nH]c2-c2cc(C)c(O)cc2O)s1. The van der Waals surface area contributed by atoms with Crippen molar-refractivity contribution >= 4 is 11.3 Å². The number of aromatic hydroxyl groups is 2. The van der Waals surface area contributed by atoms with E-state index in [9.17, 15) is 10.2 Å². The molecule has 21 heavy (non-hydrogen) atoms. The molecule has 0 aliphatic heterocycles. The average Bonchev–Trinajstić information content (AvgIpc) is 3.00. The Morgan fingerprint density at radius 1 is 1.05 bits per heavy atom. The highest BCUT2D eigenvalue weighted by atomic mass is 32.1. The lowest BCUT2D eigenvalue weighted by Crippen LogP contribution is -1.86. The van der Waals surface area contributed by atoms with Gasteiger partial charge >= 0.3 is 0 Å². The third-order valence-electron chi connectivity index (χ3n) is 3.37. The van der Waals surface area contributed by atoms with E-state index in [-0.39, 0.29) is 11.5 Å². The average molecular weight is 301 g/mol. The quantitative estimate of drug-likeness (QED) is 0.676. The van der Waals surface area contributed by atoms with Crippen LogP contribution in [-0.4, -0.2) is 25.4 Å². The van der Waals surface area contributed by atoms with Crippen molar-refractivity contribution in [2.45, 2.75) is 20.8 Å². The highest BCUT2D eigenvalue weighted by Crippen LogP contribution is 2.40. The van der Waals surface area contributed by atoms with Crippen LogP contribution in [0, 0.1) is 20.8 Å². The Morgan fingerprint density at radius 3 is 2.48 bits per heavy atom. The molecule has 3 rings (SSSR count). The second kappa shape index (κ2) is 4.89. The highest BCUT2D eigenvalue weighted by Gasteiger charge is 2.18. The van der Waals surface area contributed by atoms with Crippen molar-refractivity contribution in [3.63, 3.8) is 0 Å². The first-order valence-electron chi connectivity index (χ1n) is 6.48. The highest BCUT2D eigenvalue weighted by molar-refractivity contribution is 7.15. The number of H-pyrrole nitrogens is 1. The molecule has 0 unspecified atom stereocenters. The van der Waals surface area contributed by atoms with E-state index in [1.54, 1.807) is 30.5 Å². The molecule has 5 nitrogen and oxygen atoms in total. The third-order valence-corrected chi connectivity index (χ3v) is 4.48. The molecular weight excluding hydrogens is 286 g/mol. The van der Waals surface area contributed by atoms with E-state index >= 15 is 0 Å². The normalized spacial score (nSPS) is 11.0. The summed E-state index contributed by atoms with van der Waals surface area (Å²) in [4.78, 5) is 5.46. The van der Waals surface area contributed by atoms with Crippen LogP contribution < -0.4 is 0 Å². The molecule has 1 aromatic carbocycles. The van der Waals surface area contributed by atoms with Crippen LogP contribution >= 0.6 is 11.3 Å². The van der Waals surface area contributed by atoms with Gasteiger partial charge in [-0.25, -0.2) is 4.98 Å². The summed E-state index contributed by atoms with van der Waals surface area (Å²) in [6.45, 7) is 5.71. The molecule has 2 aromatic heterocycles. The van der Waals surface area contributed by atoms with E-state index in [1.807, 2.05) is 13.8 Å². The van der Waals surface area contributed by atoms with Crippen molar-refractivity contribution in [3.05, 3.63) is 34.6 Å². The van der Waals surface area contributed by atoms with Gasteiger partial charge in [0.25, 0.3) is 0 Å². The number of benzene rings is 1. The molecule has 0 spiro atoms. The maximum absolute atomic E-state index is 10.1. The van der Waals surface area contributed by atoms with Gasteiger partial charge in [0.2, 0.25) is 0 Å². The van der Waals surface area contributed by atoms with E-state index in [2.05, 4.69) is 15.2 Å². The number of hydrogen-bond donors (Lipinski definition) is 3. The molecule has 108 valence electrons. The molecule has 0 bridgehead atoms. The number of nitrogens with one attached hydrogen (secondary N) is 1. The number of aromatic amines is 1. The standard InChI is InChI=1S/C15H15N3O2S/c1-7-4-10(13(20)5-12(7)19)14-11(6-16-18-14)15-8(2)17-9(3)21-15/h4-6,19-20H,1-3H3,(H,16,18). The van der Waals surface area contributed by atoms with Crippen LogP contribution in [0.5, 0.6) is 11.5 Å². The van der Waals surface area contributed by atoms with Crippen molar-refractivity contribution in [2.75, 3.05) is 0 Å². The van der Waals surface area contributed by atoms with Crippen molar-refractivity contribution < 1.29 is 10.2 Å². The molecule has 0 saturated carbocycles. The molecule has 0 atom stereocenters. The summed E-state index contributed by atoms with van der Waals surface area (Å²) in [5.41, 5.74) is 3.87. The summed E-state index contributed by atoms with van der Waals surface area (Å²) in [6, 6.07) is 3.09. The van der Waals surface area contributed by atoms with Gasteiger partial charge in [-0.05, 0) is 32.4 Å². The number of rotatable bonds is 2. The van der Waals surface area contributed by atoms with Gasteiger partial charge in [0.05, 0.1) is 27.5 Å². The lowest BCUT2D eigenvalue weighted by atomic mass is 10.0. The minimum Gasteiger partial charge on any atom is -0.508 e. The summed E-state index contributed by atoms with van der Waals surface area (Å²) >= 11 is 1.59. The van der Waals surface area contributed by atoms with E-state index in [0.717, 1.165) is 26.8 Å². The number of hydrogen-bond acceptors (Lipinski definition) is 5. The fraction of sp³-hybridized carbons (Fsp3) is 0.200.